The second kappa shape index (κ2) is 6.66. The van der Waals surface area contributed by atoms with Crippen molar-refractivity contribution in [3.8, 4) is 0 Å². The van der Waals surface area contributed by atoms with Gasteiger partial charge in [0.05, 0.1) is 0 Å². The lowest BCUT2D eigenvalue weighted by molar-refractivity contribution is -0.117. The molecule has 0 spiro atoms. The maximum Gasteiger partial charge on any atom is 0.224 e. The number of benzene rings is 1. The average molecular weight is 285 g/mol. The summed E-state index contributed by atoms with van der Waals surface area (Å²) in [5.74, 6) is 0.301. The van der Waals surface area contributed by atoms with E-state index >= 15 is 0 Å². The molecule has 1 aromatic rings. The van der Waals surface area contributed by atoms with Crippen molar-refractivity contribution in [2.24, 2.45) is 11.7 Å². The maximum atomic E-state index is 11.6. The van der Waals surface area contributed by atoms with Gasteiger partial charge in [-0.3, -0.25) is 4.79 Å². The lowest BCUT2D eigenvalue weighted by Gasteiger charge is -2.11. The molecule has 1 unspecified atom stereocenters. The van der Waals surface area contributed by atoms with E-state index in [4.69, 9.17) is 5.73 Å². The molecular weight excluding hydrogens is 268 g/mol. The first-order valence-corrected chi connectivity index (χ1v) is 6.20. The molecule has 1 amide bonds. The van der Waals surface area contributed by atoms with Crippen molar-refractivity contribution < 1.29 is 4.79 Å². The van der Waals surface area contributed by atoms with Crippen LogP contribution in [0.5, 0.6) is 0 Å². The third kappa shape index (κ3) is 4.33. The summed E-state index contributed by atoms with van der Waals surface area (Å²) in [4.78, 5) is 11.6. The van der Waals surface area contributed by atoms with Gasteiger partial charge in [-0.1, -0.05) is 29.3 Å². The summed E-state index contributed by atoms with van der Waals surface area (Å²) in [6, 6.07) is 7.53. The molecule has 0 saturated heterocycles. The van der Waals surface area contributed by atoms with Crippen LogP contribution in [0.4, 0.5) is 5.69 Å². The van der Waals surface area contributed by atoms with Crippen LogP contribution in [0, 0.1) is 5.92 Å². The minimum atomic E-state index is 0.0274. The van der Waals surface area contributed by atoms with Crippen molar-refractivity contribution in [1.29, 1.82) is 0 Å². The van der Waals surface area contributed by atoms with Crippen LogP contribution in [-0.2, 0) is 4.79 Å². The van der Waals surface area contributed by atoms with Crippen LogP contribution in [0.3, 0.4) is 0 Å². The monoisotopic (exact) mass is 284 g/mol. The van der Waals surface area contributed by atoms with Crippen LogP contribution >= 0.6 is 15.9 Å². The van der Waals surface area contributed by atoms with Crippen LogP contribution in [0.15, 0.2) is 28.7 Å². The Balaban J connectivity index is 2.48. The van der Waals surface area contributed by atoms with E-state index in [1.807, 2.05) is 31.2 Å². The molecule has 1 atom stereocenters. The molecule has 1 aromatic carbocycles. The second-order valence-corrected chi connectivity index (χ2v) is 4.68. The molecule has 0 aliphatic rings. The van der Waals surface area contributed by atoms with Gasteiger partial charge in [0.15, 0.2) is 0 Å². The van der Waals surface area contributed by atoms with Gasteiger partial charge >= 0.3 is 0 Å². The Morgan fingerprint density at radius 3 is 2.56 bits per heavy atom. The van der Waals surface area contributed by atoms with Crippen molar-refractivity contribution in [2.45, 2.75) is 19.8 Å². The van der Waals surface area contributed by atoms with Crippen LogP contribution in [0.25, 0.3) is 0 Å². The first-order chi connectivity index (χ1) is 7.65. The van der Waals surface area contributed by atoms with E-state index in [-0.39, 0.29) is 11.8 Å². The predicted molar refractivity (Wildman–Crippen MR) is 70.2 cm³/mol. The highest BCUT2D eigenvalue weighted by atomic mass is 79.9. The summed E-state index contributed by atoms with van der Waals surface area (Å²) in [6.45, 7) is 2.61. The number of hydrogen-bond acceptors (Lipinski definition) is 2. The van der Waals surface area contributed by atoms with E-state index in [1.54, 1.807) is 0 Å². The van der Waals surface area contributed by atoms with Crippen LogP contribution in [0.1, 0.15) is 19.8 Å². The van der Waals surface area contributed by atoms with Gasteiger partial charge in [0.25, 0.3) is 0 Å². The first kappa shape index (κ1) is 13.2. The van der Waals surface area contributed by atoms with Crippen molar-refractivity contribution in [1.82, 2.24) is 0 Å². The number of nitrogens with one attached hydrogen (secondary N) is 1. The molecule has 0 fully saturated rings. The number of amides is 1. The molecule has 3 nitrogen and oxygen atoms in total. The first-order valence-electron chi connectivity index (χ1n) is 5.41. The van der Waals surface area contributed by atoms with Gasteiger partial charge in [-0.15, -0.1) is 0 Å². The average Bonchev–Trinajstić information content (AvgIpc) is 2.29. The second-order valence-electron chi connectivity index (χ2n) is 3.77. The molecule has 0 aliphatic heterocycles. The van der Waals surface area contributed by atoms with Gasteiger partial charge in [0, 0.05) is 16.6 Å². The number of carbonyl (C=O) groups excluding carboxylic acids is 1. The molecule has 0 aliphatic carbocycles. The Labute approximate surface area is 105 Å². The number of halogens is 1. The number of anilines is 1. The molecule has 3 N–H and O–H groups in total. The Kier molecular flexibility index (Phi) is 5.49. The van der Waals surface area contributed by atoms with Gasteiger partial charge in [-0.05, 0) is 36.7 Å². The highest BCUT2D eigenvalue weighted by Crippen LogP contribution is 2.15. The van der Waals surface area contributed by atoms with Gasteiger partial charge < -0.3 is 11.1 Å². The van der Waals surface area contributed by atoms with Gasteiger partial charge in [-0.25, -0.2) is 0 Å². The number of rotatable bonds is 5. The molecule has 16 heavy (non-hydrogen) atoms. The number of carbonyl (C=O) groups is 1. The number of hydrogen-bond donors (Lipinski definition) is 2. The maximum absolute atomic E-state index is 11.6. The SMILES string of the molecule is CCC(CN)CC(=O)Nc1ccc(Br)cc1. The van der Waals surface area contributed by atoms with E-state index in [9.17, 15) is 4.79 Å². The Bertz CT molecular complexity index is 333. The third-order valence-electron chi connectivity index (χ3n) is 2.51. The lowest BCUT2D eigenvalue weighted by Crippen LogP contribution is -2.21. The molecular formula is C12H17BrN2O. The zero-order chi connectivity index (χ0) is 12.0. The summed E-state index contributed by atoms with van der Waals surface area (Å²) >= 11 is 3.35. The normalized spacial score (nSPS) is 12.2. The standard InChI is InChI=1S/C12H17BrN2O/c1-2-9(8-14)7-12(16)15-11-5-3-10(13)4-6-11/h3-6,9H,2,7-8,14H2,1H3,(H,15,16). The van der Waals surface area contributed by atoms with E-state index in [1.165, 1.54) is 0 Å². The van der Waals surface area contributed by atoms with E-state index in [0.717, 1.165) is 16.6 Å². The molecule has 4 heteroatoms. The minimum absolute atomic E-state index is 0.0274. The van der Waals surface area contributed by atoms with E-state index in [0.29, 0.717) is 13.0 Å². The van der Waals surface area contributed by atoms with Crippen molar-refractivity contribution in [3.05, 3.63) is 28.7 Å². The molecule has 0 radical (unpaired) electrons. The lowest BCUT2D eigenvalue weighted by atomic mass is 10.0. The van der Waals surface area contributed by atoms with Crippen molar-refractivity contribution in [2.75, 3.05) is 11.9 Å². The predicted octanol–water partition coefficient (Wildman–Crippen LogP) is 2.76. The topological polar surface area (TPSA) is 55.1 Å². The summed E-state index contributed by atoms with van der Waals surface area (Å²) in [7, 11) is 0. The summed E-state index contributed by atoms with van der Waals surface area (Å²) in [5.41, 5.74) is 6.38. The fourth-order valence-corrected chi connectivity index (χ4v) is 1.67. The highest BCUT2D eigenvalue weighted by Gasteiger charge is 2.10. The van der Waals surface area contributed by atoms with E-state index in [2.05, 4.69) is 21.2 Å². The van der Waals surface area contributed by atoms with Crippen LogP contribution in [-0.4, -0.2) is 12.5 Å². The van der Waals surface area contributed by atoms with Gasteiger partial charge in [0.1, 0.15) is 0 Å². The fourth-order valence-electron chi connectivity index (χ4n) is 1.40. The third-order valence-corrected chi connectivity index (χ3v) is 3.04. The molecule has 0 aromatic heterocycles. The molecule has 0 bridgehead atoms. The summed E-state index contributed by atoms with van der Waals surface area (Å²) < 4.78 is 0.999. The van der Waals surface area contributed by atoms with Gasteiger partial charge in [-0.2, -0.15) is 0 Å². The smallest absolute Gasteiger partial charge is 0.224 e. The molecule has 0 saturated carbocycles. The van der Waals surface area contributed by atoms with Crippen molar-refractivity contribution >= 4 is 27.5 Å². The quantitative estimate of drug-likeness (QED) is 0.874. The van der Waals surface area contributed by atoms with Crippen LogP contribution < -0.4 is 11.1 Å². The van der Waals surface area contributed by atoms with Crippen LogP contribution in [0.2, 0.25) is 0 Å². The summed E-state index contributed by atoms with van der Waals surface area (Å²) in [6.07, 6.45) is 1.42. The van der Waals surface area contributed by atoms with Crippen molar-refractivity contribution in [3.63, 3.8) is 0 Å². The minimum Gasteiger partial charge on any atom is -0.330 e. The zero-order valence-corrected chi connectivity index (χ0v) is 11.0. The fraction of sp³-hybridized carbons (Fsp3) is 0.417. The highest BCUT2D eigenvalue weighted by molar-refractivity contribution is 9.10. The largest absolute Gasteiger partial charge is 0.330 e. The molecule has 1 rings (SSSR count). The Morgan fingerprint density at radius 1 is 1.44 bits per heavy atom. The molecule has 88 valence electrons. The van der Waals surface area contributed by atoms with Gasteiger partial charge in [0.2, 0.25) is 5.91 Å². The molecule has 0 heterocycles. The van der Waals surface area contributed by atoms with E-state index < -0.39 is 0 Å². The Morgan fingerprint density at radius 2 is 2.06 bits per heavy atom. The summed E-state index contributed by atoms with van der Waals surface area (Å²) in [5, 5.41) is 2.85. The Hall–Kier alpha value is -0.870. The number of nitrogens with two attached hydrogens (primary N) is 1. The zero-order valence-electron chi connectivity index (χ0n) is 9.37.